The third-order valence-corrected chi connectivity index (χ3v) is 4.65. The number of rotatable bonds is 4. The number of aryl methyl sites for hydroxylation is 2. The van der Waals surface area contributed by atoms with E-state index in [1.165, 1.54) is 52.8 Å². The zero-order valence-electron chi connectivity index (χ0n) is 13.7. The minimum atomic E-state index is 0.603. The molecule has 21 heavy (non-hydrogen) atoms. The highest BCUT2D eigenvalue weighted by Crippen LogP contribution is 2.27. The predicted molar refractivity (Wildman–Crippen MR) is 96.1 cm³/mol. The maximum atomic E-state index is 3.77. The van der Waals surface area contributed by atoms with Crippen LogP contribution in [0.4, 0.5) is 5.69 Å². The number of nitrogens with zero attached hydrogens (tertiary/aromatic N) is 1. The van der Waals surface area contributed by atoms with Gasteiger partial charge in [0, 0.05) is 35.8 Å². The Morgan fingerprint density at radius 3 is 2.33 bits per heavy atom. The first-order chi connectivity index (χ1) is 9.95. The van der Waals surface area contributed by atoms with Crippen LogP contribution >= 0.6 is 15.9 Å². The first-order valence-corrected chi connectivity index (χ1v) is 8.64. The summed E-state index contributed by atoms with van der Waals surface area (Å²) in [6.07, 6.45) is 4.79. The number of hydrogen-bond acceptors (Lipinski definition) is 2. The van der Waals surface area contributed by atoms with Crippen molar-refractivity contribution in [2.45, 2.75) is 46.6 Å². The van der Waals surface area contributed by atoms with Gasteiger partial charge in [0.05, 0.1) is 0 Å². The molecule has 0 amide bonds. The van der Waals surface area contributed by atoms with E-state index in [0.29, 0.717) is 6.04 Å². The predicted octanol–water partition coefficient (Wildman–Crippen LogP) is 4.91. The molecule has 1 aliphatic rings. The minimum absolute atomic E-state index is 0.603. The molecule has 0 bridgehead atoms. The van der Waals surface area contributed by atoms with E-state index < -0.39 is 0 Å². The van der Waals surface area contributed by atoms with Crippen molar-refractivity contribution in [1.82, 2.24) is 4.90 Å². The standard InChI is InChI=1S/C18H27BrN2/c1-13(2)5-8-21-9-6-17(7-10-21)20-18-14(3)11-16(19)12-15(18)4/h5,11-12,17,20H,6-10H2,1-4H3. The van der Waals surface area contributed by atoms with Crippen molar-refractivity contribution in [3.63, 3.8) is 0 Å². The van der Waals surface area contributed by atoms with E-state index in [1.807, 2.05) is 0 Å². The van der Waals surface area contributed by atoms with Crippen molar-refractivity contribution in [3.8, 4) is 0 Å². The van der Waals surface area contributed by atoms with E-state index in [2.05, 4.69) is 72.1 Å². The van der Waals surface area contributed by atoms with E-state index in [0.717, 1.165) is 6.54 Å². The molecule has 0 saturated carbocycles. The van der Waals surface area contributed by atoms with Crippen LogP contribution in [0, 0.1) is 13.8 Å². The Labute approximate surface area is 137 Å². The monoisotopic (exact) mass is 350 g/mol. The minimum Gasteiger partial charge on any atom is -0.382 e. The third kappa shape index (κ3) is 4.86. The molecular formula is C18H27BrN2. The average molecular weight is 351 g/mol. The van der Waals surface area contributed by atoms with Crippen LogP contribution in [0.1, 0.15) is 37.8 Å². The molecule has 1 aromatic rings. The molecule has 2 rings (SSSR count). The zero-order chi connectivity index (χ0) is 15.4. The fraction of sp³-hybridized carbons (Fsp3) is 0.556. The molecule has 0 unspecified atom stereocenters. The Kier molecular flexibility index (Phi) is 5.88. The van der Waals surface area contributed by atoms with Crippen molar-refractivity contribution < 1.29 is 0 Å². The van der Waals surface area contributed by atoms with Crippen molar-refractivity contribution in [2.24, 2.45) is 0 Å². The lowest BCUT2D eigenvalue weighted by atomic mass is 10.0. The summed E-state index contributed by atoms with van der Waals surface area (Å²) in [7, 11) is 0. The van der Waals surface area contributed by atoms with Crippen molar-refractivity contribution in [1.29, 1.82) is 0 Å². The maximum absolute atomic E-state index is 3.77. The van der Waals surface area contributed by atoms with Crippen molar-refractivity contribution >= 4 is 21.6 Å². The molecule has 0 radical (unpaired) electrons. The lowest BCUT2D eigenvalue weighted by Gasteiger charge is -2.33. The number of hydrogen-bond donors (Lipinski definition) is 1. The molecule has 1 aromatic carbocycles. The molecule has 1 saturated heterocycles. The van der Waals surface area contributed by atoms with Crippen LogP contribution in [0.2, 0.25) is 0 Å². The van der Waals surface area contributed by atoms with Crippen LogP contribution < -0.4 is 5.32 Å². The van der Waals surface area contributed by atoms with Gasteiger partial charge in [-0.1, -0.05) is 27.6 Å². The van der Waals surface area contributed by atoms with Crippen LogP contribution in [0.5, 0.6) is 0 Å². The molecule has 0 aliphatic carbocycles. The van der Waals surface area contributed by atoms with Gasteiger partial charge in [0.25, 0.3) is 0 Å². The summed E-state index contributed by atoms with van der Waals surface area (Å²) in [5.74, 6) is 0. The van der Waals surface area contributed by atoms with Crippen LogP contribution in [-0.4, -0.2) is 30.6 Å². The molecule has 116 valence electrons. The summed E-state index contributed by atoms with van der Waals surface area (Å²) in [5, 5.41) is 3.77. The normalized spacial score (nSPS) is 16.8. The topological polar surface area (TPSA) is 15.3 Å². The molecule has 2 nitrogen and oxygen atoms in total. The highest BCUT2D eigenvalue weighted by molar-refractivity contribution is 9.10. The molecule has 1 heterocycles. The van der Waals surface area contributed by atoms with Gasteiger partial charge in [0.2, 0.25) is 0 Å². The molecule has 0 aromatic heterocycles. The lowest BCUT2D eigenvalue weighted by molar-refractivity contribution is 0.240. The van der Waals surface area contributed by atoms with E-state index >= 15 is 0 Å². The van der Waals surface area contributed by atoms with Gasteiger partial charge in [-0.25, -0.2) is 0 Å². The Morgan fingerprint density at radius 2 is 1.81 bits per heavy atom. The highest BCUT2D eigenvalue weighted by Gasteiger charge is 2.19. The first kappa shape index (κ1) is 16.6. The number of anilines is 1. The summed E-state index contributed by atoms with van der Waals surface area (Å²) in [4.78, 5) is 2.55. The second kappa shape index (κ2) is 7.46. The smallest absolute Gasteiger partial charge is 0.0402 e. The number of nitrogens with one attached hydrogen (secondary N) is 1. The van der Waals surface area contributed by atoms with E-state index in [9.17, 15) is 0 Å². The number of piperidine rings is 1. The summed E-state index contributed by atoms with van der Waals surface area (Å²) >= 11 is 3.57. The van der Waals surface area contributed by atoms with Gasteiger partial charge in [0.15, 0.2) is 0 Å². The summed E-state index contributed by atoms with van der Waals surface area (Å²) in [5.41, 5.74) is 5.39. The van der Waals surface area contributed by atoms with E-state index in [4.69, 9.17) is 0 Å². The average Bonchev–Trinajstić information content (AvgIpc) is 2.41. The van der Waals surface area contributed by atoms with E-state index in [1.54, 1.807) is 0 Å². The molecule has 1 fully saturated rings. The van der Waals surface area contributed by atoms with Gasteiger partial charge in [-0.2, -0.15) is 0 Å². The van der Waals surface area contributed by atoms with Gasteiger partial charge in [0.1, 0.15) is 0 Å². The number of likely N-dealkylation sites (tertiary alicyclic amines) is 1. The molecule has 1 N–H and O–H groups in total. The molecule has 0 atom stereocenters. The van der Waals surface area contributed by atoms with Crippen molar-refractivity contribution in [2.75, 3.05) is 25.0 Å². The van der Waals surface area contributed by atoms with Crippen LogP contribution in [0.15, 0.2) is 28.3 Å². The number of halogens is 1. The van der Waals surface area contributed by atoms with Gasteiger partial charge in [-0.3, -0.25) is 4.90 Å². The van der Waals surface area contributed by atoms with Gasteiger partial charge < -0.3 is 5.32 Å². The zero-order valence-corrected chi connectivity index (χ0v) is 15.3. The summed E-state index contributed by atoms with van der Waals surface area (Å²) in [6, 6.07) is 4.99. The maximum Gasteiger partial charge on any atom is 0.0402 e. The fourth-order valence-corrected chi connectivity index (χ4v) is 3.60. The summed E-state index contributed by atoms with van der Waals surface area (Å²) < 4.78 is 1.17. The molecule has 1 aliphatic heterocycles. The fourth-order valence-electron chi connectivity index (χ4n) is 2.91. The lowest BCUT2D eigenvalue weighted by Crippen LogP contribution is -2.39. The Bertz CT molecular complexity index is 487. The van der Waals surface area contributed by atoms with E-state index in [-0.39, 0.29) is 0 Å². The quantitative estimate of drug-likeness (QED) is 0.776. The highest BCUT2D eigenvalue weighted by atomic mass is 79.9. The Hall–Kier alpha value is -0.800. The van der Waals surface area contributed by atoms with Crippen LogP contribution in [0.3, 0.4) is 0 Å². The Morgan fingerprint density at radius 1 is 1.24 bits per heavy atom. The molecule has 3 heteroatoms. The largest absolute Gasteiger partial charge is 0.382 e. The number of benzene rings is 1. The van der Waals surface area contributed by atoms with Gasteiger partial charge in [-0.05, 0) is 63.8 Å². The Balaban J connectivity index is 1.91. The summed E-state index contributed by atoms with van der Waals surface area (Å²) in [6.45, 7) is 12.2. The van der Waals surface area contributed by atoms with Crippen molar-refractivity contribution in [3.05, 3.63) is 39.4 Å². The van der Waals surface area contributed by atoms with Crippen LogP contribution in [0.25, 0.3) is 0 Å². The second-order valence-corrected chi connectivity index (χ2v) is 7.33. The SMILES string of the molecule is CC(C)=CCN1CCC(Nc2c(C)cc(Br)cc2C)CC1. The first-order valence-electron chi connectivity index (χ1n) is 7.84. The number of allylic oxidation sites excluding steroid dienone is 1. The van der Waals surface area contributed by atoms with Crippen LogP contribution in [-0.2, 0) is 0 Å². The third-order valence-electron chi connectivity index (χ3n) is 4.19. The second-order valence-electron chi connectivity index (χ2n) is 6.42. The molecular weight excluding hydrogens is 324 g/mol. The van der Waals surface area contributed by atoms with Gasteiger partial charge in [-0.15, -0.1) is 0 Å². The molecule has 0 spiro atoms. The van der Waals surface area contributed by atoms with Gasteiger partial charge >= 0.3 is 0 Å².